The molecule has 0 aliphatic heterocycles. The Labute approximate surface area is 127 Å². The van der Waals surface area contributed by atoms with Gasteiger partial charge in [-0.05, 0) is 24.0 Å². The highest BCUT2D eigenvalue weighted by molar-refractivity contribution is 6.00. The van der Waals surface area contributed by atoms with Crippen molar-refractivity contribution < 1.29 is 0 Å². The van der Waals surface area contributed by atoms with E-state index in [-0.39, 0.29) is 0 Å². The summed E-state index contributed by atoms with van der Waals surface area (Å²) >= 11 is 0. The predicted molar refractivity (Wildman–Crippen MR) is 88.4 cm³/mol. The van der Waals surface area contributed by atoms with Gasteiger partial charge in [0.2, 0.25) is 6.54 Å². The molecule has 0 aliphatic carbocycles. The Kier molecular flexibility index (Phi) is 6.22. The van der Waals surface area contributed by atoms with Crippen molar-refractivity contribution in [3.63, 3.8) is 0 Å². The summed E-state index contributed by atoms with van der Waals surface area (Å²) in [5.74, 6) is 0. The fourth-order valence-electron chi connectivity index (χ4n) is 2.20. The molecular weight excluding hydrogens is 256 g/mol. The van der Waals surface area contributed by atoms with Gasteiger partial charge in [0.25, 0.3) is 0 Å². The molecule has 0 radical (unpaired) electrons. The average molecular weight is 276 g/mol. The van der Waals surface area contributed by atoms with Crippen LogP contribution in [0.15, 0.2) is 65.7 Å². The third kappa shape index (κ3) is 5.24. The van der Waals surface area contributed by atoms with E-state index in [1.165, 1.54) is 11.1 Å². The van der Waals surface area contributed by atoms with Crippen molar-refractivity contribution in [1.82, 2.24) is 0 Å². The van der Waals surface area contributed by atoms with E-state index >= 15 is 0 Å². The third-order valence-electron chi connectivity index (χ3n) is 3.34. The van der Waals surface area contributed by atoms with Crippen LogP contribution < -0.4 is 0 Å². The lowest BCUT2D eigenvalue weighted by Gasteiger charge is -2.07. The number of aliphatic imine (C=N–C) groups is 1. The fourth-order valence-corrected chi connectivity index (χ4v) is 2.20. The summed E-state index contributed by atoms with van der Waals surface area (Å²) in [5.41, 5.74) is 3.56. The summed E-state index contributed by atoms with van der Waals surface area (Å²) in [6.45, 7) is 8.17. The molecule has 0 unspecified atom stereocenters. The monoisotopic (exact) mass is 276 g/mol. The van der Waals surface area contributed by atoms with E-state index in [1.807, 2.05) is 36.4 Å². The van der Waals surface area contributed by atoms with Crippen LogP contribution in [0.25, 0.3) is 4.85 Å². The molecule has 0 fully saturated rings. The number of benzene rings is 2. The summed E-state index contributed by atoms with van der Waals surface area (Å²) < 4.78 is 0. The van der Waals surface area contributed by atoms with E-state index in [0.717, 1.165) is 25.0 Å². The Hall–Kier alpha value is -2.40. The molecule has 106 valence electrons. The van der Waals surface area contributed by atoms with Crippen LogP contribution in [-0.2, 0) is 6.54 Å². The Bertz CT molecular complexity index is 594. The van der Waals surface area contributed by atoms with Crippen LogP contribution in [0.1, 0.15) is 30.4 Å². The van der Waals surface area contributed by atoms with Gasteiger partial charge in [-0.15, -0.1) is 0 Å². The van der Waals surface area contributed by atoms with Gasteiger partial charge in [-0.25, -0.2) is 6.57 Å². The van der Waals surface area contributed by atoms with Gasteiger partial charge in [0.05, 0.1) is 6.54 Å². The molecule has 0 aliphatic rings. The van der Waals surface area contributed by atoms with E-state index in [2.05, 4.69) is 29.1 Å². The molecular formula is C19H20N2. The Balaban J connectivity index is 2.06. The third-order valence-corrected chi connectivity index (χ3v) is 3.34. The number of rotatable bonds is 7. The second-order valence-corrected chi connectivity index (χ2v) is 4.95. The SMILES string of the molecule is [C-]#[N+]CCCCC(=NCc1ccccc1)c1ccccc1. The van der Waals surface area contributed by atoms with Crippen LogP contribution in [0.5, 0.6) is 0 Å². The Morgan fingerprint density at radius 3 is 2.24 bits per heavy atom. The maximum atomic E-state index is 6.84. The number of unbranched alkanes of at least 4 members (excludes halogenated alkanes) is 1. The largest absolute Gasteiger partial charge is 0.317 e. The molecule has 0 N–H and O–H groups in total. The second kappa shape index (κ2) is 8.71. The highest BCUT2D eigenvalue weighted by atomic mass is 14.7. The molecule has 2 heteroatoms. The molecule has 0 saturated carbocycles. The minimum absolute atomic E-state index is 0.612. The Morgan fingerprint density at radius 1 is 0.905 bits per heavy atom. The first-order chi connectivity index (χ1) is 10.4. The van der Waals surface area contributed by atoms with E-state index in [0.29, 0.717) is 13.1 Å². The van der Waals surface area contributed by atoms with E-state index in [9.17, 15) is 0 Å². The molecule has 0 bridgehead atoms. The van der Waals surface area contributed by atoms with Crippen LogP contribution in [0.4, 0.5) is 0 Å². The summed E-state index contributed by atoms with van der Waals surface area (Å²) in [6.07, 6.45) is 2.90. The van der Waals surface area contributed by atoms with Crippen molar-refractivity contribution in [2.75, 3.05) is 6.54 Å². The maximum absolute atomic E-state index is 6.84. The topological polar surface area (TPSA) is 16.7 Å². The number of hydrogen-bond donors (Lipinski definition) is 0. The number of nitrogens with zero attached hydrogens (tertiary/aromatic N) is 2. The van der Waals surface area contributed by atoms with Gasteiger partial charge in [0.1, 0.15) is 0 Å². The molecule has 0 amide bonds. The quantitative estimate of drug-likeness (QED) is 0.394. The zero-order valence-electron chi connectivity index (χ0n) is 12.2. The van der Waals surface area contributed by atoms with Crippen molar-refractivity contribution in [2.24, 2.45) is 4.99 Å². The average Bonchev–Trinajstić information content (AvgIpc) is 2.56. The highest BCUT2D eigenvalue weighted by Crippen LogP contribution is 2.11. The van der Waals surface area contributed by atoms with Gasteiger partial charge in [0.15, 0.2) is 0 Å². The highest BCUT2D eigenvalue weighted by Gasteiger charge is 2.03. The van der Waals surface area contributed by atoms with E-state index in [4.69, 9.17) is 11.6 Å². The molecule has 0 saturated heterocycles. The molecule has 0 aromatic heterocycles. The summed E-state index contributed by atoms with van der Waals surface area (Å²) in [6, 6.07) is 20.7. The standard InChI is InChI=1S/C19H20N2/c1-20-15-9-8-14-19(18-12-6-3-7-13-18)21-16-17-10-4-2-5-11-17/h2-7,10-13H,8-9,14-16H2. The van der Waals surface area contributed by atoms with Gasteiger partial charge >= 0.3 is 0 Å². The van der Waals surface area contributed by atoms with Gasteiger partial charge in [0, 0.05) is 12.1 Å². The van der Waals surface area contributed by atoms with Crippen LogP contribution >= 0.6 is 0 Å². The molecule has 2 aromatic rings. The molecule has 0 atom stereocenters. The van der Waals surface area contributed by atoms with Crippen LogP contribution in [0.2, 0.25) is 0 Å². The van der Waals surface area contributed by atoms with Gasteiger partial charge in [-0.3, -0.25) is 4.99 Å². The van der Waals surface area contributed by atoms with Crippen molar-refractivity contribution in [2.45, 2.75) is 25.8 Å². The molecule has 0 spiro atoms. The Morgan fingerprint density at radius 2 is 1.57 bits per heavy atom. The first-order valence-corrected chi connectivity index (χ1v) is 7.36. The van der Waals surface area contributed by atoms with E-state index < -0.39 is 0 Å². The lowest BCUT2D eigenvalue weighted by atomic mass is 10.0. The number of hydrogen-bond acceptors (Lipinski definition) is 1. The smallest absolute Gasteiger partial charge is 0.214 e. The van der Waals surface area contributed by atoms with Gasteiger partial charge in [-0.2, -0.15) is 0 Å². The predicted octanol–water partition coefficient (Wildman–Crippen LogP) is 4.77. The van der Waals surface area contributed by atoms with E-state index in [1.54, 1.807) is 0 Å². The van der Waals surface area contributed by atoms with Crippen molar-refractivity contribution >= 4 is 5.71 Å². The zero-order valence-corrected chi connectivity index (χ0v) is 12.2. The van der Waals surface area contributed by atoms with Crippen LogP contribution in [-0.4, -0.2) is 12.3 Å². The van der Waals surface area contributed by atoms with Crippen molar-refractivity contribution in [3.8, 4) is 0 Å². The summed E-state index contributed by atoms with van der Waals surface area (Å²) in [4.78, 5) is 8.21. The minimum Gasteiger partial charge on any atom is -0.317 e. The molecule has 2 aromatic carbocycles. The first-order valence-electron chi connectivity index (χ1n) is 7.36. The second-order valence-electron chi connectivity index (χ2n) is 4.95. The van der Waals surface area contributed by atoms with Gasteiger partial charge in [-0.1, -0.05) is 60.7 Å². The molecule has 0 heterocycles. The molecule has 2 nitrogen and oxygen atoms in total. The maximum Gasteiger partial charge on any atom is 0.214 e. The first kappa shape index (κ1) is 15.0. The zero-order chi connectivity index (χ0) is 14.8. The fraction of sp³-hybridized carbons (Fsp3) is 0.263. The van der Waals surface area contributed by atoms with Crippen molar-refractivity contribution in [3.05, 3.63) is 83.2 Å². The normalized spacial score (nSPS) is 11.1. The minimum atomic E-state index is 0.612. The van der Waals surface area contributed by atoms with Crippen molar-refractivity contribution in [1.29, 1.82) is 0 Å². The lowest BCUT2D eigenvalue weighted by molar-refractivity contribution is 0.811. The summed E-state index contributed by atoms with van der Waals surface area (Å²) in [5, 5.41) is 0. The molecule has 21 heavy (non-hydrogen) atoms. The van der Waals surface area contributed by atoms with Crippen LogP contribution in [0.3, 0.4) is 0 Å². The van der Waals surface area contributed by atoms with Gasteiger partial charge < -0.3 is 4.85 Å². The summed E-state index contributed by atoms with van der Waals surface area (Å²) in [7, 11) is 0. The van der Waals surface area contributed by atoms with Crippen LogP contribution in [0, 0.1) is 6.57 Å². The molecule has 2 rings (SSSR count). The lowest BCUT2D eigenvalue weighted by Crippen LogP contribution is -2.02.